The minimum atomic E-state index is -0.0679. The second-order valence-electron chi connectivity index (χ2n) is 3.89. The van der Waals surface area contributed by atoms with Crippen LogP contribution in [0.3, 0.4) is 0 Å². The monoisotopic (exact) mass is 244 g/mol. The summed E-state index contributed by atoms with van der Waals surface area (Å²) < 4.78 is 4.99. The molecule has 4 nitrogen and oxygen atoms in total. The molecular weight excluding hydrogens is 228 g/mol. The molecule has 0 radical (unpaired) electrons. The van der Waals surface area contributed by atoms with Gasteiger partial charge in [0.05, 0.1) is 23.9 Å². The summed E-state index contributed by atoms with van der Waals surface area (Å²) in [5, 5.41) is 3.91. The Morgan fingerprint density at radius 2 is 2.33 bits per heavy atom. The number of nitrogens with one attached hydrogen (secondary N) is 2. The molecule has 0 saturated carbocycles. The molecule has 0 aliphatic heterocycles. The zero-order chi connectivity index (χ0) is 12.8. The normalized spacial score (nSPS) is 10.2. The quantitative estimate of drug-likeness (QED) is 0.605. The van der Waals surface area contributed by atoms with Crippen molar-refractivity contribution in [2.24, 2.45) is 0 Å². The van der Waals surface area contributed by atoms with Crippen molar-refractivity contribution in [3.8, 4) is 0 Å². The largest absolute Gasteiger partial charge is 0.502 e. The number of amides is 1. The Morgan fingerprint density at radius 3 is 3.17 bits per heavy atom. The molecule has 1 heterocycles. The van der Waals surface area contributed by atoms with Gasteiger partial charge in [-0.2, -0.15) is 0 Å². The summed E-state index contributed by atoms with van der Waals surface area (Å²) in [7, 11) is 0. The van der Waals surface area contributed by atoms with Crippen LogP contribution in [-0.2, 0) is 4.74 Å². The first-order valence-electron chi connectivity index (χ1n) is 5.90. The summed E-state index contributed by atoms with van der Waals surface area (Å²) in [6, 6.07) is 7.62. The third-order valence-corrected chi connectivity index (χ3v) is 2.67. The second-order valence-corrected chi connectivity index (χ2v) is 3.89. The summed E-state index contributed by atoms with van der Waals surface area (Å²) >= 11 is 0. The molecule has 94 valence electrons. The van der Waals surface area contributed by atoms with Crippen LogP contribution in [-0.4, -0.2) is 24.0 Å². The van der Waals surface area contributed by atoms with Crippen molar-refractivity contribution < 1.29 is 9.53 Å². The molecule has 0 aliphatic rings. The first-order valence-corrected chi connectivity index (χ1v) is 5.90. The van der Waals surface area contributed by atoms with Crippen molar-refractivity contribution >= 4 is 16.8 Å². The van der Waals surface area contributed by atoms with Crippen molar-refractivity contribution in [2.45, 2.75) is 6.42 Å². The predicted molar refractivity (Wildman–Crippen MR) is 71.4 cm³/mol. The number of aromatic nitrogens is 1. The fraction of sp³-hybridized carbons (Fsp3) is 0.214. The van der Waals surface area contributed by atoms with E-state index in [2.05, 4.69) is 16.9 Å². The average molecular weight is 244 g/mol. The first kappa shape index (κ1) is 12.2. The Morgan fingerprint density at radius 1 is 1.44 bits per heavy atom. The number of hydrogen-bond acceptors (Lipinski definition) is 2. The van der Waals surface area contributed by atoms with Gasteiger partial charge >= 0.3 is 0 Å². The van der Waals surface area contributed by atoms with Crippen molar-refractivity contribution in [3.05, 3.63) is 48.9 Å². The zero-order valence-corrected chi connectivity index (χ0v) is 10.1. The van der Waals surface area contributed by atoms with Gasteiger partial charge in [0.15, 0.2) is 0 Å². The maximum atomic E-state index is 12.0. The van der Waals surface area contributed by atoms with E-state index in [0.717, 1.165) is 17.3 Å². The topological polar surface area (TPSA) is 54.1 Å². The van der Waals surface area contributed by atoms with Crippen molar-refractivity contribution in [2.75, 3.05) is 13.2 Å². The molecule has 1 amide bonds. The van der Waals surface area contributed by atoms with Crippen molar-refractivity contribution in [3.63, 3.8) is 0 Å². The van der Waals surface area contributed by atoms with E-state index in [4.69, 9.17) is 4.74 Å². The van der Waals surface area contributed by atoms with Gasteiger partial charge in [-0.05, 0) is 18.6 Å². The van der Waals surface area contributed by atoms with E-state index in [0.29, 0.717) is 18.7 Å². The fourth-order valence-electron chi connectivity index (χ4n) is 1.81. The summed E-state index contributed by atoms with van der Waals surface area (Å²) in [5.41, 5.74) is 1.54. The number of carbonyl (C=O) groups is 1. The Labute approximate surface area is 106 Å². The van der Waals surface area contributed by atoms with E-state index in [1.807, 2.05) is 30.5 Å². The minimum Gasteiger partial charge on any atom is -0.502 e. The van der Waals surface area contributed by atoms with Gasteiger partial charge < -0.3 is 15.0 Å². The number of aromatic amines is 1. The van der Waals surface area contributed by atoms with E-state index >= 15 is 0 Å². The number of ether oxygens (including phenoxy) is 1. The summed E-state index contributed by atoms with van der Waals surface area (Å²) in [6.07, 6.45) is 4.00. The third kappa shape index (κ3) is 2.71. The van der Waals surface area contributed by atoms with E-state index in [9.17, 15) is 4.79 Å². The lowest BCUT2D eigenvalue weighted by molar-refractivity contribution is 0.0952. The Bertz CT molecular complexity index is 545. The van der Waals surface area contributed by atoms with Crippen LogP contribution in [0.4, 0.5) is 0 Å². The molecule has 0 unspecified atom stereocenters. The highest BCUT2D eigenvalue weighted by atomic mass is 16.5. The molecule has 1 aromatic heterocycles. The number of rotatable bonds is 6. The zero-order valence-electron chi connectivity index (χ0n) is 10.1. The van der Waals surface area contributed by atoms with Gasteiger partial charge in [0.1, 0.15) is 0 Å². The van der Waals surface area contributed by atoms with Crippen molar-refractivity contribution in [1.82, 2.24) is 10.3 Å². The number of benzene rings is 1. The second kappa shape index (κ2) is 5.91. The van der Waals surface area contributed by atoms with E-state index in [1.165, 1.54) is 6.26 Å². The molecule has 2 aromatic rings. The Kier molecular flexibility index (Phi) is 4.02. The minimum absolute atomic E-state index is 0.0679. The molecule has 2 rings (SSSR count). The van der Waals surface area contributed by atoms with Gasteiger partial charge in [0.2, 0.25) is 0 Å². The van der Waals surface area contributed by atoms with Gasteiger partial charge in [-0.15, -0.1) is 0 Å². The molecule has 4 heteroatoms. The smallest absolute Gasteiger partial charge is 0.253 e. The maximum absolute atomic E-state index is 12.0. The average Bonchev–Trinajstić information content (AvgIpc) is 2.86. The lowest BCUT2D eigenvalue weighted by Gasteiger charge is -2.06. The number of hydrogen-bond donors (Lipinski definition) is 2. The summed E-state index contributed by atoms with van der Waals surface area (Å²) in [6.45, 7) is 4.61. The van der Waals surface area contributed by atoms with E-state index in [-0.39, 0.29) is 5.91 Å². The van der Waals surface area contributed by atoms with Gasteiger partial charge in [-0.1, -0.05) is 18.7 Å². The summed E-state index contributed by atoms with van der Waals surface area (Å²) in [5.74, 6) is -0.0679. The third-order valence-electron chi connectivity index (χ3n) is 2.67. The van der Waals surface area contributed by atoms with Crippen LogP contribution in [0.2, 0.25) is 0 Å². The molecule has 0 spiro atoms. The highest BCUT2D eigenvalue weighted by Gasteiger charge is 2.09. The van der Waals surface area contributed by atoms with Gasteiger partial charge in [-0.25, -0.2) is 0 Å². The first-order chi connectivity index (χ1) is 8.83. The van der Waals surface area contributed by atoms with E-state index < -0.39 is 0 Å². The SMILES string of the molecule is C=COCCCNC(=O)c1cccc2cc[nH]c12. The molecule has 18 heavy (non-hydrogen) atoms. The van der Waals surface area contributed by atoms with Crippen LogP contribution in [0.5, 0.6) is 0 Å². The summed E-state index contributed by atoms with van der Waals surface area (Å²) in [4.78, 5) is 15.1. The van der Waals surface area contributed by atoms with E-state index in [1.54, 1.807) is 0 Å². The molecular formula is C14H16N2O2. The number of fused-ring (bicyclic) bond motifs is 1. The molecule has 0 fully saturated rings. The number of para-hydroxylation sites is 1. The molecule has 0 atom stereocenters. The molecule has 0 bridgehead atoms. The van der Waals surface area contributed by atoms with Crippen LogP contribution in [0.1, 0.15) is 16.8 Å². The molecule has 2 N–H and O–H groups in total. The molecule has 0 aliphatic carbocycles. The van der Waals surface area contributed by atoms with Crippen LogP contribution in [0.25, 0.3) is 10.9 Å². The van der Waals surface area contributed by atoms with Crippen LogP contribution >= 0.6 is 0 Å². The Balaban J connectivity index is 1.96. The molecule has 0 saturated heterocycles. The number of H-pyrrole nitrogens is 1. The number of carbonyl (C=O) groups excluding carboxylic acids is 1. The van der Waals surface area contributed by atoms with Crippen LogP contribution in [0, 0.1) is 0 Å². The predicted octanol–water partition coefficient (Wildman–Crippen LogP) is 2.45. The maximum Gasteiger partial charge on any atom is 0.253 e. The standard InChI is InChI=1S/C14H16N2O2/c1-2-18-10-4-8-16-14(17)12-6-3-5-11-7-9-15-13(11)12/h2-3,5-7,9,15H,1,4,8,10H2,(H,16,17). The Hall–Kier alpha value is -2.23. The highest BCUT2D eigenvalue weighted by molar-refractivity contribution is 6.05. The molecule has 1 aromatic carbocycles. The fourth-order valence-corrected chi connectivity index (χ4v) is 1.81. The lowest BCUT2D eigenvalue weighted by atomic mass is 10.1. The lowest BCUT2D eigenvalue weighted by Crippen LogP contribution is -2.25. The van der Waals surface area contributed by atoms with Crippen molar-refractivity contribution in [1.29, 1.82) is 0 Å². The van der Waals surface area contributed by atoms with Gasteiger partial charge in [-0.3, -0.25) is 4.79 Å². The van der Waals surface area contributed by atoms with Gasteiger partial charge in [0.25, 0.3) is 5.91 Å². The van der Waals surface area contributed by atoms with Crippen LogP contribution in [0.15, 0.2) is 43.3 Å². The van der Waals surface area contributed by atoms with Crippen LogP contribution < -0.4 is 5.32 Å². The highest BCUT2D eigenvalue weighted by Crippen LogP contribution is 2.16. The van der Waals surface area contributed by atoms with Gasteiger partial charge in [0, 0.05) is 18.1 Å².